The summed E-state index contributed by atoms with van der Waals surface area (Å²) in [5.74, 6) is -2.19. The van der Waals surface area contributed by atoms with Crippen LogP contribution in [0.2, 0.25) is 0 Å². The molecule has 10 nitrogen and oxygen atoms in total. The van der Waals surface area contributed by atoms with Gasteiger partial charge in [-0.05, 0) is 5.57 Å². The van der Waals surface area contributed by atoms with Gasteiger partial charge < -0.3 is 21.0 Å². The maximum atomic E-state index is 13.9. The molecule has 2 aliphatic rings. The Morgan fingerprint density at radius 2 is 1.58 bits per heavy atom. The molecule has 2 atom stereocenters. The van der Waals surface area contributed by atoms with Gasteiger partial charge in [-0.15, -0.1) is 23.1 Å². The first-order valence-corrected chi connectivity index (χ1v) is 15.8. The molecule has 1 saturated heterocycles. The fraction of sp³-hybridized carbons (Fsp3) is 0.121. The number of hydrogen-bond donors (Lipinski definition) is 3. The predicted octanol–water partition coefficient (Wildman–Crippen LogP) is 4.36. The highest BCUT2D eigenvalue weighted by molar-refractivity contribution is 8.00. The number of anilines is 1. The van der Waals surface area contributed by atoms with Crippen LogP contribution in [-0.2, 0) is 24.8 Å². The number of nitrogens with zero attached hydrogens (tertiary/aromatic N) is 3. The van der Waals surface area contributed by atoms with E-state index in [1.807, 2.05) is 91.0 Å². The third-order valence-corrected chi connectivity index (χ3v) is 9.50. The highest BCUT2D eigenvalue weighted by atomic mass is 32.2. The molecule has 0 spiro atoms. The van der Waals surface area contributed by atoms with Gasteiger partial charge in [0.2, 0.25) is 5.60 Å². The molecular weight excluding hydrogens is 611 g/mol. The van der Waals surface area contributed by atoms with Crippen molar-refractivity contribution in [3.63, 3.8) is 0 Å². The number of carbonyl (C=O) groups excluding carboxylic acids is 2. The SMILES string of the molecule is C=CC1=C(C(=O)O)N2C(=O)[C@@H](NC(=O)/C(=N\OC(c3ccccc3)(c3ccccc3)c3ccccc3)c3csc(N)n3)[C@H]2SC1. The Bertz CT molecular complexity index is 1730. The van der Waals surface area contributed by atoms with Gasteiger partial charge in [0.15, 0.2) is 10.8 Å². The van der Waals surface area contributed by atoms with Crippen LogP contribution >= 0.6 is 23.1 Å². The largest absolute Gasteiger partial charge is 0.477 e. The average molecular weight is 638 g/mol. The van der Waals surface area contributed by atoms with Gasteiger partial charge in [0.05, 0.1) is 0 Å². The maximum Gasteiger partial charge on any atom is 0.352 e. The van der Waals surface area contributed by atoms with E-state index in [1.54, 1.807) is 5.38 Å². The monoisotopic (exact) mass is 637 g/mol. The summed E-state index contributed by atoms with van der Waals surface area (Å²) < 4.78 is 0. The number of oxime groups is 1. The van der Waals surface area contributed by atoms with Crippen molar-refractivity contribution in [1.29, 1.82) is 0 Å². The molecule has 0 aliphatic carbocycles. The minimum Gasteiger partial charge on any atom is -0.477 e. The lowest BCUT2D eigenvalue weighted by Crippen LogP contribution is -2.71. The number of nitrogens with two attached hydrogens (primary N) is 1. The van der Waals surface area contributed by atoms with E-state index in [0.29, 0.717) is 11.3 Å². The number of carbonyl (C=O) groups is 3. The Labute approximate surface area is 266 Å². The molecule has 3 aromatic carbocycles. The molecule has 0 unspecified atom stereocenters. The second kappa shape index (κ2) is 12.4. The lowest BCUT2D eigenvalue weighted by atomic mass is 9.80. The number of aromatic nitrogens is 1. The van der Waals surface area contributed by atoms with Crippen molar-refractivity contribution in [2.45, 2.75) is 17.0 Å². The molecule has 12 heteroatoms. The minimum absolute atomic E-state index is 0.132. The standard InChI is InChI=1S/C33H27N5O5S2/c1-2-20-18-44-30-26(29(40)38(30)27(20)31(41)42)36-28(39)25(24-19-45-32(34)35-24)37-43-33(21-12-6-3-7-13-21,22-14-8-4-9-15-22)23-16-10-5-11-17-23/h2-17,19,26,30H,1,18H2,(H2,34,35)(H,36,39)(H,41,42)/b37-25-/t26-,30-/m1/s1. The molecular formula is C33H27N5O5S2. The number of β-lactam (4-membered cyclic amide) rings is 1. The van der Waals surface area contributed by atoms with Crippen LogP contribution in [0.5, 0.6) is 0 Å². The summed E-state index contributed by atoms with van der Waals surface area (Å²) >= 11 is 2.46. The van der Waals surface area contributed by atoms with Crippen LogP contribution in [0.1, 0.15) is 22.4 Å². The van der Waals surface area contributed by atoms with E-state index >= 15 is 0 Å². The van der Waals surface area contributed by atoms with E-state index in [4.69, 9.17) is 10.6 Å². The first-order chi connectivity index (χ1) is 21.8. The Kier molecular flexibility index (Phi) is 8.24. The van der Waals surface area contributed by atoms with Crippen LogP contribution in [0.25, 0.3) is 0 Å². The zero-order chi connectivity index (χ0) is 31.6. The molecule has 45 heavy (non-hydrogen) atoms. The number of hydrogen-bond acceptors (Lipinski definition) is 9. The molecule has 6 rings (SSSR count). The zero-order valence-corrected chi connectivity index (χ0v) is 25.3. The number of thioether (sulfide) groups is 1. The van der Waals surface area contributed by atoms with Gasteiger partial charge in [-0.25, -0.2) is 9.78 Å². The number of rotatable bonds is 10. The Morgan fingerprint density at radius 3 is 2.04 bits per heavy atom. The number of nitrogen functional groups attached to an aromatic ring is 1. The lowest BCUT2D eigenvalue weighted by Gasteiger charge is -2.49. The number of amides is 2. The molecule has 1 fully saturated rings. The van der Waals surface area contributed by atoms with E-state index in [0.717, 1.165) is 28.0 Å². The normalized spacial score (nSPS) is 18.1. The van der Waals surface area contributed by atoms with Crippen molar-refractivity contribution < 1.29 is 24.3 Å². The molecule has 226 valence electrons. The second-order valence-electron chi connectivity index (χ2n) is 10.1. The van der Waals surface area contributed by atoms with Gasteiger partial charge in [-0.2, -0.15) is 0 Å². The topological polar surface area (TPSA) is 147 Å². The number of thiazole rings is 1. The zero-order valence-electron chi connectivity index (χ0n) is 23.7. The summed E-state index contributed by atoms with van der Waals surface area (Å²) in [6.45, 7) is 3.67. The summed E-state index contributed by atoms with van der Waals surface area (Å²) in [7, 11) is 0. The second-order valence-corrected chi connectivity index (χ2v) is 12.1. The number of carboxylic acids is 1. The summed E-state index contributed by atoms with van der Waals surface area (Å²) in [6, 6.07) is 27.6. The highest BCUT2D eigenvalue weighted by Crippen LogP contribution is 2.42. The summed E-state index contributed by atoms with van der Waals surface area (Å²) in [4.78, 5) is 51.1. The lowest BCUT2D eigenvalue weighted by molar-refractivity contribution is -0.150. The minimum atomic E-state index is -1.28. The smallest absolute Gasteiger partial charge is 0.352 e. The van der Waals surface area contributed by atoms with Crippen molar-refractivity contribution >= 4 is 51.7 Å². The van der Waals surface area contributed by atoms with Crippen LogP contribution in [0.4, 0.5) is 5.13 Å². The highest BCUT2D eigenvalue weighted by Gasteiger charge is 2.54. The molecule has 0 radical (unpaired) electrons. The molecule has 1 aromatic heterocycles. The van der Waals surface area contributed by atoms with E-state index in [-0.39, 0.29) is 22.2 Å². The van der Waals surface area contributed by atoms with Crippen LogP contribution in [0, 0.1) is 0 Å². The molecule has 0 saturated carbocycles. The van der Waals surface area contributed by atoms with E-state index in [9.17, 15) is 19.5 Å². The van der Waals surface area contributed by atoms with Crippen LogP contribution in [0.15, 0.2) is 125 Å². The third kappa shape index (κ3) is 5.38. The van der Waals surface area contributed by atoms with Gasteiger partial charge >= 0.3 is 5.97 Å². The third-order valence-electron chi connectivity index (χ3n) is 7.53. The summed E-state index contributed by atoms with van der Waals surface area (Å²) in [5.41, 5.74) is 7.23. The first kappa shape index (κ1) is 29.9. The van der Waals surface area contributed by atoms with Gasteiger partial charge in [-0.1, -0.05) is 109 Å². The first-order valence-electron chi connectivity index (χ1n) is 13.8. The number of allylic oxidation sites excluding steroid dienone is 1. The molecule has 3 heterocycles. The van der Waals surface area contributed by atoms with Gasteiger partial charge in [0.25, 0.3) is 11.8 Å². The Hall–Kier alpha value is -5.20. The van der Waals surface area contributed by atoms with Crippen molar-refractivity contribution in [2.24, 2.45) is 5.16 Å². The number of fused-ring (bicyclic) bond motifs is 1. The van der Waals surface area contributed by atoms with Crippen LogP contribution in [-0.4, -0.2) is 55.7 Å². The van der Waals surface area contributed by atoms with Crippen molar-refractivity contribution in [3.05, 3.63) is 143 Å². The summed E-state index contributed by atoms with van der Waals surface area (Å²) in [5, 5.41) is 18.2. The molecule has 4 aromatic rings. The van der Waals surface area contributed by atoms with Crippen molar-refractivity contribution in [2.75, 3.05) is 11.5 Å². The number of aliphatic carboxylic acids is 1. The fourth-order valence-electron chi connectivity index (χ4n) is 5.40. The van der Waals surface area contributed by atoms with Crippen molar-refractivity contribution in [1.82, 2.24) is 15.2 Å². The van der Waals surface area contributed by atoms with E-state index in [2.05, 4.69) is 22.0 Å². The molecule has 0 bridgehead atoms. The fourth-order valence-corrected chi connectivity index (χ4v) is 7.29. The molecule has 4 N–H and O–H groups in total. The average Bonchev–Trinajstić information content (AvgIpc) is 3.51. The molecule has 2 aliphatic heterocycles. The number of carboxylic acid groups (broad SMARTS) is 1. The van der Waals surface area contributed by atoms with Gasteiger partial charge in [-0.3, -0.25) is 14.5 Å². The van der Waals surface area contributed by atoms with E-state index in [1.165, 1.54) is 22.7 Å². The van der Waals surface area contributed by atoms with Crippen LogP contribution < -0.4 is 11.1 Å². The summed E-state index contributed by atoms with van der Waals surface area (Å²) in [6.07, 6.45) is 1.43. The predicted molar refractivity (Wildman–Crippen MR) is 173 cm³/mol. The molecule has 2 amide bonds. The Morgan fingerprint density at radius 1 is 1.02 bits per heavy atom. The van der Waals surface area contributed by atoms with Crippen LogP contribution in [0.3, 0.4) is 0 Å². The Balaban J connectivity index is 1.40. The van der Waals surface area contributed by atoms with E-state index < -0.39 is 34.8 Å². The van der Waals surface area contributed by atoms with Gasteiger partial charge in [0, 0.05) is 27.8 Å². The maximum absolute atomic E-state index is 13.9. The van der Waals surface area contributed by atoms with Crippen molar-refractivity contribution in [3.8, 4) is 0 Å². The number of benzene rings is 3. The van der Waals surface area contributed by atoms with Gasteiger partial charge in [0.1, 0.15) is 22.8 Å². The quantitative estimate of drug-likeness (QED) is 0.101. The number of nitrogens with one attached hydrogen (secondary N) is 1.